The summed E-state index contributed by atoms with van der Waals surface area (Å²) in [6, 6.07) is 11.3. The Morgan fingerprint density at radius 3 is 2.79 bits per heavy atom. The maximum atomic E-state index is 11.5. The van der Waals surface area contributed by atoms with Gasteiger partial charge in [0, 0.05) is 14.7 Å². The fraction of sp³-hybridized carbons (Fsp3) is 0.154. The number of urea groups is 1. The molecule has 0 saturated carbocycles. The van der Waals surface area contributed by atoms with Crippen molar-refractivity contribution in [1.82, 2.24) is 10.8 Å². The van der Waals surface area contributed by atoms with E-state index in [9.17, 15) is 4.79 Å². The molecule has 1 heterocycles. The number of rotatable bonds is 5. The predicted molar refractivity (Wildman–Crippen MR) is 78.6 cm³/mol. The van der Waals surface area contributed by atoms with Crippen molar-refractivity contribution in [1.29, 1.82) is 0 Å². The van der Waals surface area contributed by atoms with Crippen LogP contribution in [-0.2, 0) is 18.0 Å². The third-order valence-electron chi connectivity index (χ3n) is 2.29. The Hall–Kier alpha value is -1.37. The molecule has 0 radical (unpaired) electrons. The molecule has 0 unspecified atom stereocenters. The number of carbonyl (C=O) groups is 1. The maximum Gasteiger partial charge on any atom is 0.339 e. The lowest BCUT2D eigenvalue weighted by atomic mass is 10.2. The summed E-state index contributed by atoms with van der Waals surface area (Å²) in [5.74, 6) is 0. The first-order valence-corrected chi connectivity index (χ1v) is 7.34. The predicted octanol–water partition coefficient (Wildman–Crippen LogP) is 3.44. The molecule has 2 aromatic rings. The second kappa shape index (κ2) is 7.28. The molecule has 0 spiro atoms. The summed E-state index contributed by atoms with van der Waals surface area (Å²) in [5.41, 5.74) is 3.36. The lowest BCUT2D eigenvalue weighted by Crippen LogP contribution is -2.34. The Labute approximate surface area is 123 Å². The van der Waals surface area contributed by atoms with Crippen LogP contribution in [0.3, 0.4) is 0 Å². The van der Waals surface area contributed by atoms with Crippen molar-refractivity contribution in [3.05, 3.63) is 56.7 Å². The number of nitrogens with one attached hydrogen (secondary N) is 2. The summed E-state index contributed by atoms with van der Waals surface area (Å²) < 4.78 is 1.02. The first-order chi connectivity index (χ1) is 9.24. The Morgan fingerprint density at radius 1 is 1.32 bits per heavy atom. The first kappa shape index (κ1) is 14.0. The molecule has 0 atom stereocenters. The van der Waals surface area contributed by atoms with Crippen LogP contribution in [0.4, 0.5) is 4.79 Å². The van der Waals surface area contributed by atoms with E-state index in [4.69, 9.17) is 4.84 Å². The number of hydroxylamine groups is 1. The molecule has 2 rings (SSSR count). The quantitative estimate of drug-likeness (QED) is 0.819. The van der Waals surface area contributed by atoms with Crippen molar-refractivity contribution in [3.63, 3.8) is 0 Å². The van der Waals surface area contributed by atoms with E-state index in [1.165, 1.54) is 0 Å². The summed E-state index contributed by atoms with van der Waals surface area (Å²) in [5, 5.41) is 4.69. The minimum absolute atomic E-state index is 0.346. The van der Waals surface area contributed by atoms with E-state index in [1.807, 2.05) is 41.8 Å². The van der Waals surface area contributed by atoms with Gasteiger partial charge in [-0.2, -0.15) is 0 Å². The molecule has 2 amide bonds. The summed E-state index contributed by atoms with van der Waals surface area (Å²) in [7, 11) is 0. The Kier molecular flexibility index (Phi) is 5.38. The van der Waals surface area contributed by atoms with Crippen LogP contribution >= 0.6 is 27.3 Å². The molecule has 0 aliphatic rings. The van der Waals surface area contributed by atoms with E-state index in [2.05, 4.69) is 26.7 Å². The van der Waals surface area contributed by atoms with Gasteiger partial charge in [-0.3, -0.25) is 4.84 Å². The summed E-state index contributed by atoms with van der Waals surface area (Å²) in [4.78, 5) is 17.6. The van der Waals surface area contributed by atoms with Crippen LogP contribution in [0, 0.1) is 0 Å². The lowest BCUT2D eigenvalue weighted by molar-refractivity contribution is 0.0490. The van der Waals surface area contributed by atoms with Gasteiger partial charge in [-0.15, -0.1) is 11.3 Å². The number of amides is 2. The minimum Gasteiger partial charge on any atom is -0.331 e. The Balaban J connectivity index is 1.65. The maximum absolute atomic E-state index is 11.5. The van der Waals surface area contributed by atoms with Gasteiger partial charge in [0.15, 0.2) is 0 Å². The molecule has 2 N–H and O–H groups in total. The first-order valence-electron chi connectivity index (χ1n) is 5.66. The fourth-order valence-electron chi connectivity index (χ4n) is 1.41. The molecule has 4 nitrogen and oxygen atoms in total. The zero-order valence-corrected chi connectivity index (χ0v) is 12.5. The van der Waals surface area contributed by atoms with Crippen molar-refractivity contribution in [2.75, 3.05) is 0 Å². The zero-order valence-electron chi connectivity index (χ0n) is 10.1. The van der Waals surface area contributed by atoms with E-state index in [-0.39, 0.29) is 6.03 Å². The van der Waals surface area contributed by atoms with Gasteiger partial charge in [0.1, 0.15) is 0 Å². The molecule has 0 aliphatic carbocycles. The second-order valence-electron chi connectivity index (χ2n) is 3.79. The molecule has 19 heavy (non-hydrogen) atoms. The van der Waals surface area contributed by atoms with Crippen molar-refractivity contribution in [2.24, 2.45) is 0 Å². The van der Waals surface area contributed by atoms with E-state index in [1.54, 1.807) is 11.3 Å². The molecular formula is C13H13BrN2O2S. The monoisotopic (exact) mass is 340 g/mol. The molecule has 6 heteroatoms. The highest BCUT2D eigenvalue weighted by Gasteiger charge is 2.02. The summed E-state index contributed by atoms with van der Waals surface area (Å²) >= 11 is 4.95. The normalized spacial score (nSPS) is 10.2. The zero-order chi connectivity index (χ0) is 13.5. The van der Waals surface area contributed by atoms with E-state index < -0.39 is 0 Å². The summed E-state index contributed by atoms with van der Waals surface area (Å²) in [6.07, 6.45) is 0. The van der Waals surface area contributed by atoms with Crippen LogP contribution in [0.5, 0.6) is 0 Å². The topological polar surface area (TPSA) is 50.4 Å². The van der Waals surface area contributed by atoms with Gasteiger partial charge in [0.05, 0.1) is 13.2 Å². The number of benzene rings is 1. The molecule has 100 valence electrons. The van der Waals surface area contributed by atoms with Gasteiger partial charge in [0.2, 0.25) is 0 Å². The average molecular weight is 341 g/mol. The van der Waals surface area contributed by atoms with Crippen LogP contribution in [0.25, 0.3) is 0 Å². The van der Waals surface area contributed by atoms with Crippen molar-refractivity contribution >= 4 is 33.3 Å². The van der Waals surface area contributed by atoms with Crippen LogP contribution in [-0.4, -0.2) is 6.03 Å². The SMILES string of the molecule is O=C(NCc1cc(Br)cs1)NOCc1ccccc1. The van der Waals surface area contributed by atoms with E-state index >= 15 is 0 Å². The lowest BCUT2D eigenvalue weighted by Gasteiger charge is -2.07. The minimum atomic E-state index is -0.347. The molecule has 1 aromatic carbocycles. The number of hydrogen-bond donors (Lipinski definition) is 2. The smallest absolute Gasteiger partial charge is 0.331 e. The second-order valence-corrected chi connectivity index (χ2v) is 5.70. The van der Waals surface area contributed by atoms with Gasteiger partial charge in [-0.1, -0.05) is 30.3 Å². The molecule has 1 aromatic heterocycles. The number of thiophene rings is 1. The number of hydrogen-bond acceptors (Lipinski definition) is 3. The van der Waals surface area contributed by atoms with Crippen LogP contribution < -0.4 is 10.8 Å². The highest BCUT2D eigenvalue weighted by atomic mass is 79.9. The highest BCUT2D eigenvalue weighted by Crippen LogP contribution is 2.19. The molecule has 0 bridgehead atoms. The standard InChI is InChI=1S/C13H13BrN2O2S/c14-11-6-12(19-9-11)7-15-13(17)16-18-8-10-4-2-1-3-5-10/h1-6,9H,7-8H2,(H2,15,16,17). The van der Waals surface area contributed by atoms with Crippen LogP contribution in [0.1, 0.15) is 10.4 Å². The van der Waals surface area contributed by atoms with Crippen molar-refractivity contribution in [3.8, 4) is 0 Å². The van der Waals surface area contributed by atoms with Gasteiger partial charge in [-0.25, -0.2) is 10.3 Å². The Bertz CT molecular complexity index is 530. The third kappa shape index (κ3) is 5.02. The molecular weight excluding hydrogens is 328 g/mol. The largest absolute Gasteiger partial charge is 0.339 e. The molecule has 0 saturated heterocycles. The van der Waals surface area contributed by atoms with Gasteiger partial charge in [-0.05, 0) is 27.6 Å². The third-order valence-corrected chi connectivity index (χ3v) is 3.99. The molecule has 0 fully saturated rings. The molecule has 0 aliphatic heterocycles. The summed E-state index contributed by atoms with van der Waals surface area (Å²) in [6.45, 7) is 0.829. The van der Waals surface area contributed by atoms with Gasteiger partial charge >= 0.3 is 6.03 Å². The highest BCUT2D eigenvalue weighted by molar-refractivity contribution is 9.10. The average Bonchev–Trinajstić information content (AvgIpc) is 2.83. The number of carbonyl (C=O) groups excluding carboxylic acids is 1. The van der Waals surface area contributed by atoms with Crippen LogP contribution in [0.2, 0.25) is 0 Å². The Morgan fingerprint density at radius 2 is 2.11 bits per heavy atom. The van der Waals surface area contributed by atoms with Crippen molar-refractivity contribution in [2.45, 2.75) is 13.2 Å². The van der Waals surface area contributed by atoms with Gasteiger partial charge < -0.3 is 5.32 Å². The van der Waals surface area contributed by atoms with Gasteiger partial charge in [0.25, 0.3) is 0 Å². The van der Waals surface area contributed by atoms with Crippen LogP contribution in [0.15, 0.2) is 46.3 Å². The van der Waals surface area contributed by atoms with Crippen molar-refractivity contribution < 1.29 is 9.63 Å². The fourth-order valence-corrected chi connectivity index (χ4v) is 2.80. The van der Waals surface area contributed by atoms with E-state index in [0.29, 0.717) is 13.2 Å². The number of halogens is 1. The van der Waals surface area contributed by atoms with E-state index in [0.717, 1.165) is 14.9 Å².